The lowest BCUT2D eigenvalue weighted by Gasteiger charge is -2.20. The normalized spacial score (nSPS) is 12.1. The minimum atomic E-state index is -0.980. The molecular formula is C22H15Cl2NO3. The van der Waals surface area contributed by atoms with Gasteiger partial charge >= 0.3 is 5.97 Å². The number of aromatic amines is 1. The minimum Gasteiger partial charge on any atom is -0.481 e. The van der Waals surface area contributed by atoms with E-state index in [1.54, 1.807) is 12.1 Å². The van der Waals surface area contributed by atoms with Crippen LogP contribution in [0.1, 0.15) is 27.6 Å². The zero-order valence-electron chi connectivity index (χ0n) is 14.5. The molecule has 0 spiro atoms. The highest BCUT2D eigenvalue weighted by atomic mass is 35.5. The highest BCUT2D eigenvalue weighted by molar-refractivity contribution is 6.31. The third kappa shape index (κ3) is 3.70. The molecule has 0 amide bonds. The van der Waals surface area contributed by atoms with Crippen LogP contribution >= 0.6 is 23.2 Å². The molecule has 4 aromatic rings. The number of nitrogens with one attached hydrogen (secondary N) is 1. The Kier molecular flexibility index (Phi) is 4.99. The van der Waals surface area contributed by atoms with E-state index in [1.165, 1.54) is 12.1 Å². The van der Waals surface area contributed by atoms with E-state index in [1.807, 2.05) is 48.7 Å². The molecule has 0 bridgehead atoms. The molecule has 3 aromatic carbocycles. The van der Waals surface area contributed by atoms with Crippen LogP contribution in [0.3, 0.4) is 0 Å². The molecular weight excluding hydrogens is 397 g/mol. The topological polar surface area (TPSA) is 62.3 Å². The standard InChI is InChI=1S/C22H15Cl2NO3/c23-15-5-1-13(2-6-15)21(28-17-8-3-14(4-9-17)22(26)27)19-12-25-20-10-7-16(24)11-18(19)20/h1-12,21,25H,(H,26,27). The van der Waals surface area contributed by atoms with Crippen LogP contribution in [0.5, 0.6) is 5.75 Å². The van der Waals surface area contributed by atoms with Crippen LogP contribution in [0.4, 0.5) is 0 Å². The van der Waals surface area contributed by atoms with Gasteiger partial charge in [-0.05, 0) is 60.2 Å². The van der Waals surface area contributed by atoms with E-state index in [-0.39, 0.29) is 5.56 Å². The summed E-state index contributed by atoms with van der Waals surface area (Å²) in [6.07, 6.45) is 1.46. The van der Waals surface area contributed by atoms with Crippen molar-refractivity contribution < 1.29 is 14.6 Å². The SMILES string of the molecule is O=C(O)c1ccc(OC(c2ccc(Cl)cc2)c2c[nH]c3ccc(Cl)cc23)cc1. The first kappa shape index (κ1) is 18.4. The van der Waals surface area contributed by atoms with Gasteiger partial charge in [0.05, 0.1) is 5.56 Å². The number of aromatic carboxylic acids is 1. The van der Waals surface area contributed by atoms with Crippen molar-refractivity contribution >= 4 is 40.1 Å². The number of rotatable bonds is 5. The largest absolute Gasteiger partial charge is 0.481 e. The summed E-state index contributed by atoms with van der Waals surface area (Å²) in [6.45, 7) is 0. The van der Waals surface area contributed by atoms with Crippen molar-refractivity contribution in [2.45, 2.75) is 6.10 Å². The summed E-state index contributed by atoms with van der Waals surface area (Å²) < 4.78 is 6.27. The van der Waals surface area contributed by atoms with Gasteiger partial charge in [0.25, 0.3) is 0 Å². The lowest BCUT2D eigenvalue weighted by atomic mass is 10.0. The molecule has 0 fully saturated rings. The molecule has 0 saturated heterocycles. The fourth-order valence-electron chi connectivity index (χ4n) is 3.09. The van der Waals surface area contributed by atoms with Gasteiger partial charge in [-0.15, -0.1) is 0 Å². The third-order valence-electron chi connectivity index (χ3n) is 4.49. The number of carboxylic acid groups (broad SMARTS) is 1. The molecule has 140 valence electrons. The summed E-state index contributed by atoms with van der Waals surface area (Å²) in [5.74, 6) is -0.423. The monoisotopic (exact) mass is 411 g/mol. The van der Waals surface area contributed by atoms with Crippen LogP contribution in [0.15, 0.2) is 72.9 Å². The van der Waals surface area contributed by atoms with Gasteiger partial charge in [0.15, 0.2) is 6.10 Å². The molecule has 1 aromatic heterocycles. The maximum Gasteiger partial charge on any atom is 0.335 e. The number of hydrogen-bond acceptors (Lipinski definition) is 2. The molecule has 6 heteroatoms. The Morgan fingerprint density at radius 2 is 1.61 bits per heavy atom. The molecule has 0 aliphatic heterocycles. The molecule has 4 rings (SSSR count). The van der Waals surface area contributed by atoms with Crippen molar-refractivity contribution in [3.05, 3.63) is 99.7 Å². The van der Waals surface area contributed by atoms with Crippen LogP contribution in [-0.2, 0) is 0 Å². The molecule has 0 aliphatic rings. The first-order chi connectivity index (χ1) is 13.5. The summed E-state index contributed by atoms with van der Waals surface area (Å²) in [4.78, 5) is 14.3. The van der Waals surface area contributed by atoms with Gasteiger partial charge in [-0.3, -0.25) is 0 Å². The van der Waals surface area contributed by atoms with Crippen molar-refractivity contribution in [1.29, 1.82) is 0 Å². The van der Waals surface area contributed by atoms with Gasteiger partial charge in [-0.25, -0.2) is 4.79 Å². The fraction of sp³-hybridized carbons (Fsp3) is 0.0455. The van der Waals surface area contributed by atoms with Crippen molar-refractivity contribution in [2.24, 2.45) is 0 Å². The Labute approximate surface area is 171 Å². The second-order valence-corrected chi connectivity index (χ2v) is 7.19. The Morgan fingerprint density at radius 1 is 0.929 bits per heavy atom. The van der Waals surface area contributed by atoms with Crippen LogP contribution in [0, 0.1) is 0 Å². The second-order valence-electron chi connectivity index (χ2n) is 6.31. The molecule has 28 heavy (non-hydrogen) atoms. The summed E-state index contributed by atoms with van der Waals surface area (Å²) in [5, 5.41) is 11.3. The summed E-state index contributed by atoms with van der Waals surface area (Å²) in [7, 11) is 0. The number of hydrogen-bond donors (Lipinski definition) is 2. The lowest BCUT2D eigenvalue weighted by Crippen LogP contribution is -2.09. The van der Waals surface area contributed by atoms with E-state index in [9.17, 15) is 4.79 Å². The zero-order chi connectivity index (χ0) is 19.7. The predicted molar refractivity (Wildman–Crippen MR) is 111 cm³/mol. The molecule has 4 nitrogen and oxygen atoms in total. The third-order valence-corrected chi connectivity index (χ3v) is 4.97. The predicted octanol–water partition coefficient (Wildman–Crippen LogP) is 6.34. The number of aromatic nitrogens is 1. The molecule has 0 aliphatic carbocycles. The Morgan fingerprint density at radius 3 is 2.29 bits per heavy atom. The Bertz CT molecular complexity index is 1130. The van der Waals surface area contributed by atoms with Gasteiger partial charge < -0.3 is 14.8 Å². The average molecular weight is 412 g/mol. The number of H-pyrrole nitrogens is 1. The summed E-state index contributed by atoms with van der Waals surface area (Å²) in [5.41, 5.74) is 2.98. The molecule has 0 saturated carbocycles. The van der Waals surface area contributed by atoms with Crippen molar-refractivity contribution in [3.8, 4) is 5.75 Å². The first-order valence-electron chi connectivity index (χ1n) is 8.53. The van der Waals surface area contributed by atoms with E-state index in [4.69, 9.17) is 33.0 Å². The minimum absolute atomic E-state index is 0.203. The van der Waals surface area contributed by atoms with Gasteiger partial charge in [0.1, 0.15) is 5.75 Å². The van der Waals surface area contributed by atoms with Gasteiger partial charge in [0, 0.05) is 32.7 Å². The summed E-state index contributed by atoms with van der Waals surface area (Å²) in [6, 6.07) is 19.4. The lowest BCUT2D eigenvalue weighted by molar-refractivity contribution is 0.0697. The fourth-order valence-corrected chi connectivity index (χ4v) is 3.39. The van der Waals surface area contributed by atoms with Crippen LogP contribution in [-0.4, -0.2) is 16.1 Å². The van der Waals surface area contributed by atoms with E-state index in [0.29, 0.717) is 15.8 Å². The first-order valence-corrected chi connectivity index (χ1v) is 9.29. The Balaban J connectivity index is 1.78. The number of benzene rings is 3. The smallest absolute Gasteiger partial charge is 0.335 e. The zero-order valence-corrected chi connectivity index (χ0v) is 16.0. The number of carboxylic acids is 1. The number of halogens is 2. The number of carbonyl (C=O) groups is 1. The second kappa shape index (κ2) is 7.58. The van der Waals surface area contributed by atoms with Gasteiger partial charge in [-0.2, -0.15) is 0 Å². The summed E-state index contributed by atoms with van der Waals surface area (Å²) >= 11 is 12.2. The highest BCUT2D eigenvalue weighted by Crippen LogP contribution is 2.34. The van der Waals surface area contributed by atoms with Crippen LogP contribution in [0.25, 0.3) is 10.9 Å². The maximum atomic E-state index is 11.1. The van der Waals surface area contributed by atoms with Gasteiger partial charge in [-0.1, -0.05) is 35.3 Å². The van der Waals surface area contributed by atoms with Crippen LogP contribution < -0.4 is 4.74 Å². The van der Waals surface area contributed by atoms with Crippen molar-refractivity contribution in [3.63, 3.8) is 0 Å². The quantitative estimate of drug-likeness (QED) is 0.402. The number of ether oxygens (including phenoxy) is 1. The van der Waals surface area contributed by atoms with E-state index < -0.39 is 12.1 Å². The molecule has 1 atom stereocenters. The van der Waals surface area contributed by atoms with E-state index in [2.05, 4.69) is 4.98 Å². The van der Waals surface area contributed by atoms with E-state index in [0.717, 1.165) is 22.0 Å². The molecule has 1 unspecified atom stereocenters. The van der Waals surface area contributed by atoms with Crippen molar-refractivity contribution in [1.82, 2.24) is 4.98 Å². The molecule has 0 radical (unpaired) electrons. The van der Waals surface area contributed by atoms with Crippen LogP contribution in [0.2, 0.25) is 10.0 Å². The molecule has 1 heterocycles. The van der Waals surface area contributed by atoms with Crippen molar-refractivity contribution in [2.75, 3.05) is 0 Å². The van der Waals surface area contributed by atoms with E-state index >= 15 is 0 Å². The number of fused-ring (bicyclic) bond motifs is 1. The Hall–Kier alpha value is -2.95. The molecule has 2 N–H and O–H groups in total. The average Bonchev–Trinajstić information content (AvgIpc) is 3.10. The van der Waals surface area contributed by atoms with Gasteiger partial charge in [0.2, 0.25) is 0 Å². The maximum absolute atomic E-state index is 11.1. The highest BCUT2D eigenvalue weighted by Gasteiger charge is 2.20.